The monoisotopic (exact) mass is 230 g/mol. The molecule has 1 saturated heterocycles. The lowest BCUT2D eigenvalue weighted by atomic mass is 10.00. The summed E-state index contributed by atoms with van der Waals surface area (Å²) < 4.78 is 11.3. The zero-order chi connectivity index (χ0) is 11.9. The lowest BCUT2D eigenvalue weighted by Crippen LogP contribution is -2.50. The summed E-state index contributed by atoms with van der Waals surface area (Å²) in [6.07, 6.45) is 2.04. The summed E-state index contributed by atoms with van der Waals surface area (Å²) in [7, 11) is 0. The van der Waals surface area contributed by atoms with Crippen LogP contribution in [0.15, 0.2) is 0 Å². The second-order valence-corrected chi connectivity index (χ2v) is 4.66. The zero-order valence-corrected chi connectivity index (χ0v) is 10.7. The van der Waals surface area contributed by atoms with Crippen molar-refractivity contribution in [1.29, 1.82) is 0 Å². The van der Waals surface area contributed by atoms with Gasteiger partial charge in [-0.3, -0.25) is 4.90 Å². The van der Waals surface area contributed by atoms with Crippen molar-refractivity contribution in [1.82, 2.24) is 4.90 Å². The summed E-state index contributed by atoms with van der Waals surface area (Å²) in [5, 5.41) is 0. The molecule has 96 valence electrons. The minimum absolute atomic E-state index is 0.0397. The van der Waals surface area contributed by atoms with Gasteiger partial charge >= 0.3 is 0 Å². The molecule has 1 atom stereocenters. The molecule has 0 radical (unpaired) electrons. The Hall–Kier alpha value is -0.160. The van der Waals surface area contributed by atoms with Crippen molar-refractivity contribution in [3.8, 4) is 0 Å². The number of nitrogens with two attached hydrogens (primary N) is 1. The van der Waals surface area contributed by atoms with Crippen molar-refractivity contribution >= 4 is 0 Å². The molecule has 0 amide bonds. The molecule has 0 aromatic carbocycles. The van der Waals surface area contributed by atoms with Crippen molar-refractivity contribution in [2.45, 2.75) is 32.3 Å². The summed E-state index contributed by atoms with van der Waals surface area (Å²) in [6.45, 7) is 10.5. The van der Waals surface area contributed by atoms with Gasteiger partial charge in [-0.05, 0) is 33.4 Å². The molecule has 0 aromatic heterocycles. The van der Waals surface area contributed by atoms with E-state index in [9.17, 15) is 0 Å². The van der Waals surface area contributed by atoms with E-state index in [0.717, 1.165) is 58.8 Å². The summed E-state index contributed by atoms with van der Waals surface area (Å²) in [4.78, 5) is 2.45. The Kier molecular flexibility index (Phi) is 6.28. The van der Waals surface area contributed by atoms with Crippen LogP contribution in [-0.2, 0) is 9.47 Å². The van der Waals surface area contributed by atoms with Crippen LogP contribution in [0.25, 0.3) is 0 Å². The fourth-order valence-corrected chi connectivity index (χ4v) is 2.11. The van der Waals surface area contributed by atoms with Crippen molar-refractivity contribution in [2.75, 3.05) is 46.0 Å². The topological polar surface area (TPSA) is 47.7 Å². The second-order valence-electron chi connectivity index (χ2n) is 4.66. The summed E-state index contributed by atoms with van der Waals surface area (Å²) in [6, 6.07) is 0. The van der Waals surface area contributed by atoms with E-state index < -0.39 is 0 Å². The molecule has 16 heavy (non-hydrogen) atoms. The summed E-state index contributed by atoms with van der Waals surface area (Å²) in [5.74, 6) is 0. The zero-order valence-electron chi connectivity index (χ0n) is 10.7. The van der Waals surface area contributed by atoms with Crippen molar-refractivity contribution in [2.24, 2.45) is 5.73 Å². The lowest BCUT2D eigenvalue weighted by Gasteiger charge is -2.40. The Morgan fingerprint density at radius 1 is 1.50 bits per heavy atom. The van der Waals surface area contributed by atoms with Crippen LogP contribution in [0.5, 0.6) is 0 Å². The molecule has 4 heteroatoms. The Morgan fingerprint density at radius 2 is 2.31 bits per heavy atom. The van der Waals surface area contributed by atoms with Gasteiger partial charge in [0, 0.05) is 32.7 Å². The fraction of sp³-hybridized carbons (Fsp3) is 1.00. The van der Waals surface area contributed by atoms with Gasteiger partial charge in [-0.25, -0.2) is 0 Å². The van der Waals surface area contributed by atoms with E-state index >= 15 is 0 Å². The minimum Gasteiger partial charge on any atom is -0.382 e. The van der Waals surface area contributed by atoms with Crippen LogP contribution in [0.4, 0.5) is 0 Å². The molecule has 0 saturated carbocycles. The highest BCUT2D eigenvalue weighted by Gasteiger charge is 2.31. The Labute approximate surface area is 99.1 Å². The third-order valence-electron chi connectivity index (χ3n) is 3.07. The van der Waals surface area contributed by atoms with Gasteiger partial charge in [0.2, 0.25) is 0 Å². The SMILES string of the molecule is CCOCCC1(C)CN(CCCN)CCO1. The molecular weight excluding hydrogens is 204 g/mol. The number of rotatable bonds is 7. The highest BCUT2D eigenvalue weighted by molar-refractivity contribution is 4.83. The predicted octanol–water partition coefficient (Wildman–Crippen LogP) is 0.853. The molecule has 2 N–H and O–H groups in total. The highest BCUT2D eigenvalue weighted by atomic mass is 16.5. The fourth-order valence-electron chi connectivity index (χ4n) is 2.11. The molecule has 1 unspecified atom stereocenters. The van der Waals surface area contributed by atoms with Gasteiger partial charge in [-0.2, -0.15) is 0 Å². The first-order chi connectivity index (χ1) is 7.70. The van der Waals surface area contributed by atoms with E-state index in [1.165, 1.54) is 0 Å². The standard InChI is InChI=1S/C12H26N2O2/c1-3-15-9-5-12(2)11-14(7-4-6-13)8-10-16-12/h3-11,13H2,1-2H3. The van der Waals surface area contributed by atoms with Gasteiger partial charge in [0.1, 0.15) is 0 Å². The average molecular weight is 230 g/mol. The van der Waals surface area contributed by atoms with Gasteiger partial charge in [-0.1, -0.05) is 0 Å². The van der Waals surface area contributed by atoms with Gasteiger partial charge in [0.05, 0.1) is 12.2 Å². The second kappa shape index (κ2) is 7.22. The van der Waals surface area contributed by atoms with E-state index in [-0.39, 0.29) is 5.60 Å². The number of morpholine rings is 1. The molecule has 1 aliphatic heterocycles. The maximum absolute atomic E-state index is 5.87. The number of nitrogens with zero attached hydrogens (tertiary/aromatic N) is 1. The Bertz CT molecular complexity index is 190. The molecule has 0 aromatic rings. The van der Waals surface area contributed by atoms with Gasteiger partial charge < -0.3 is 15.2 Å². The molecule has 0 spiro atoms. The number of ether oxygens (including phenoxy) is 2. The number of hydrogen-bond acceptors (Lipinski definition) is 4. The molecule has 1 fully saturated rings. The Balaban J connectivity index is 2.29. The maximum atomic E-state index is 5.87. The molecule has 1 rings (SSSR count). The largest absolute Gasteiger partial charge is 0.382 e. The summed E-state index contributed by atoms with van der Waals surface area (Å²) in [5.41, 5.74) is 5.49. The van der Waals surface area contributed by atoms with Crippen molar-refractivity contribution < 1.29 is 9.47 Å². The van der Waals surface area contributed by atoms with Crippen molar-refractivity contribution in [3.63, 3.8) is 0 Å². The van der Waals surface area contributed by atoms with Gasteiger partial charge in [0.25, 0.3) is 0 Å². The third-order valence-corrected chi connectivity index (χ3v) is 3.07. The van der Waals surface area contributed by atoms with Crippen LogP contribution in [0.1, 0.15) is 26.7 Å². The van der Waals surface area contributed by atoms with E-state index in [4.69, 9.17) is 15.2 Å². The normalized spacial score (nSPS) is 27.2. The van der Waals surface area contributed by atoms with Crippen LogP contribution in [0.3, 0.4) is 0 Å². The first-order valence-corrected chi connectivity index (χ1v) is 6.34. The van der Waals surface area contributed by atoms with Crippen LogP contribution >= 0.6 is 0 Å². The van der Waals surface area contributed by atoms with Crippen LogP contribution < -0.4 is 5.73 Å². The third kappa shape index (κ3) is 4.78. The Morgan fingerprint density at radius 3 is 3.00 bits per heavy atom. The van der Waals surface area contributed by atoms with Crippen LogP contribution in [0, 0.1) is 0 Å². The van der Waals surface area contributed by atoms with E-state index in [1.54, 1.807) is 0 Å². The first-order valence-electron chi connectivity index (χ1n) is 6.34. The average Bonchev–Trinajstić information content (AvgIpc) is 2.27. The lowest BCUT2D eigenvalue weighted by molar-refractivity contribution is -0.110. The number of hydrogen-bond donors (Lipinski definition) is 1. The van der Waals surface area contributed by atoms with Crippen molar-refractivity contribution in [3.05, 3.63) is 0 Å². The van der Waals surface area contributed by atoms with Crippen LogP contribution in [-0.4, -0.2) is 56.5 Å². The molecule has 4 nitrogen and oxygen atoms in total. The molecule has 0 aliphatic carbocycles. The van der Waals surface area contributed by atoms with E-state index in [0.29, 0.717) is 0 Å². The van der Waals surface area contributed by atoms with E-state index in [2.05, 4.69) is 11.8 Å². The molecule has 1 aliphatic rings. The first kappa shape index (κ1) is 13.9. The molecule has 1 heterocycles. The summed E-state index contributed by atoms with van der Waals surface area (Å²) >= 11 is 0. The quantitative estimate of drug-likeness (QED) is 0.659. The smallest absolute Gasteiger partial charge is 0.0803 e. The van der Waals surface area contributed by atoms with Gasteiger partial charge in [0.15, 0.2) is 0 Å². The van der Waals surface area contributed by atoms with E-state index in [1.807, 2.05) is 6.92 Å². The van der Waals surface area contributed by atoms with Gasteiger partial charge in [-0.15, -0.1) is 0 Å². The predicted molar refractivity (Wildman–Crippen MR) is 65.6 cm³/mol. The van der Waals surface area contributed by atoms with Crippen LogP contribution in [0.2, 0.25) is 0 Å². The highest BCUT2D eigenvalue weighted by Crippen LogP contribution is 2.21. The molecular formula is C12H26N2O2. The molecule has 0 bridgehead atoms. The maximum Gasteiger partial charge on any atom is 0.0803 e. The minimum atomic E-state index is -0.0397.